The molecule has 2 rings (SSSR count). The Morgan fingerprint density at radius 1 is 1.45 bits per heavy atom. The van der Waals surface area contributed by atoms with E-state index < -0.39 is 6.04 Å². The Morgan fingerprint density at radius 3 is 2.80 bits per heavy atom. The lowest BCUT2D eigenvalue weighted by Gasteiger charge is -2.28. The van der Waals surface area contributed by atoms with Gasteiger partial charge in [-0.05, 0) is 32.6 Å². The highest BCUT2D eigenvalue weighted by molar-refractivity contribution is 6.05. The first-order valence-electron chi connectivity index (χ1n) is 6.77. The van der Waals surface area contributed by atoms with Crippen LogP contribution in [-0.2, 0) is 4.79 Å². The molecule has 1 aliphatic rings. The van der Waals surface area contributed by atoms with Crippen molar-refractivity contribution in [1.29, 1.82) is 0 Å². The number of ketones is 1. The third kappa shape index (κ3) is 2.82. The summed E-state index contributed by atoms with van der Waals surface area (Å²) in [4.78, 5) is 26.4. The van der Waals surface area contributed by atoms with Crippen molar-refractivity contribution in [2.24, 2.45) is 0 Å². The second-order valence-electron chi connectivity index (χ2n) is 5.12. The van der Waals surface area contributed by atoms with Crippen LogP contribution in [0.3, 0.4) is 0 Å². The average molecular weight is 276 g/mol. The summed E-state index contributed by atoms with van der Waals surface area (Å²) in [6.07, 6.45) is 0.692. The zero-order chi connectivity index (χ0) is 14.7. The van der Waals surface area contributed by atoms with E-state index in [0.29, 0.717) is 17.7 Å². The van der Waals surface area contributed by atoms with E-state index in [1.54, 1.807) is 18.2 Å². The van der Waals surface area contributed by atoms with E-state index in [1.807, 2.05) is 32.0 Å². The van der Waals surface area contributed by atoms with Gasteiger partial charge in [0.05, 0.1) is 11.6 Å². The minimum Gasteiger partial charge on any atom is -0.490 e. The van der Waals surface area contributed by atoms with Crippen LogP contribution < -0.4 is 10.1 Å². The molecule has 0 fully saturated rings. The summed E-state index contributed by atoms with van der Waals surface area (Å²) in [7, 11) is 3.70. The molecule has 1 amide bonds. The van der Waals surface area contributed by atoms with Crippen LogP contribution in [0.4, 0.5) is 0 Å². The smallest absolute Gasteiger partial charge is 0.238 e. The summed E-state index contributed by atoms with van der Waals surface area (Å²) in [5.74, 6) is 0.357. The van der Waals surface area contributed by atoms with Gasteiger partial charge >= 0.3 is 0 Å². The van der Waals surface area contributed by atoms with Crippen molar-refractivity contribution in [3.63, 3.8) is 0 Å². The number of hydrogen-bond acceptors (Lipinski definition) is 4. The van der Waals surface area contributed by atoms with Crippen LogP contribution in [0.5, 0.6) is 5.75 Å². The highest BCUT2D eigenvalue weighted by atomic mass is 16.5. The number of carbonyl (C=O) groups excluding carboxylic acids is 2. The van der Waals surface area contributed by atoms with Crippen LogP contribution in [0.25, 0.3) is 0 Å². The van der Waals surface area contributed by atoms with Crippen LogP contribution in [0.1, 0.15) is 23.7 Å². The Bertz CT molecular complexity index is 514. The molecule has 0 radical (unpaired) electrons. The van der Waals surface area contributed by atoms with E-state index in [2.05, 4.69) is 5.32 Å². The first-order valence-corrected chi connectivity index (χ1v) is 6.77. The van der Waals surface area contributed by atoms with Crippen LogP contribution in [0.15, 0.2) is 24.3 Å². The highest BCUT2D eigenvalue weighted by Crippen LogP contribution is 2.24. The summed E-state index contributed by atoms with van der Waals surface area (Å²) in [6, 6.07) is 6.26. The number of amides is 1. The van der Waals surface area contributed by atoms with E-state index in [0.717, 1.165) is 0 Å². The second kappa shape index (κ2) is 6.05. The minimum atomic E-state index is -0.605. The Morgan fingerprint density at radius 2 is 2.15 bits per heavy atom. The van der Waals surface area contributed by atoms with E-state index in [4.69, 9.17) is 4.74 Å². The molecule has 5 heteroatoms. The summed E-state index contributed by atoms with van der Waals surface area (Å²) in [5.41, 5.74) is 0.530. The number of ether oxygens (including phenoxy) is 1. The summed E-state index contributed by atoms with van der Waals surface area (Å²) in [6.45, 7) is 2.13. The van der Waals surface area contributed by atoms with Crippen molar-refractivity contribution in [2.75, 3.05) is 20.7 Å². The second-order valence-corrected chi connectivity index (χ2v) is 5.12. The zero-order valence-electron chi connectivity index (χ0n) is 12.1. The number of hydrogen-bond donors (Lipinski definition) is 1. The molecule has 1 aliphatic heterocycles. The number of likely N-dealkylation sites (N-methyl/N-ethyl adjacent to an activating group) is 1. The minimum absolute atomic E-state index is 0.0891. The standard InChI is InChI=1S/C15H20N2O3/c1-4-12(17(2)3)15(19)16-11-9-20-13-8-6-5-7-10(13)14(11)18/h5-8,11-12H,4,9H2,1-3H3,(H,16,19)/t11-,12-/m1/s1. The van der Waals surface area contributed by atoms with Gasteiger partial charge in [0.1, 0.15) is 18.4 Å². The van der Waals surface area contributed by atoms with Crippen LogP contribution in [0, 0.1) is 0 Å². The maximum atomic E-state index is 12.3. The Hall–Kier alpha value is -1.88. The highest BCUT2D eigenvalue weighted by Gasteiger charge is 2.31. The first-order chi connectivity index (χ1) is 9.54. The molecule has 0 aromatic heterocycles. The van der Waals surface area contributed by atoms with Crippen molar-refractivity contribution < 1.29 is 14.3 Å². The Balaban J connectivity index is 2.09. The summed E-state index contributed by atoms with van der Waals surface area (Å²) >= 11 is 0. The van der Waals surface area contributed by atoms with E-state index in [9.17, 15) is 9.59 Å². The third-order valence-electron chi connectivity index (χ3n) is 3.50. The number of para-hydroxylation sites is 1. The molecule has 0 bridgehead atoms. The molecule has 0 saturated heterocycles. The van der Waals surface area contributed by atoms with Crippen molar-refractivity contribution >= 4 is 11.7 Å². The van der Waals surface area contributed by atoms with Gasteiger partial charge < -0.3 is 10.1 Å². The lowest BCUT2D eigenvalue weighted by atomic mass is 10.0. The first kappa shape index (κ1) is 14.5. The Labute approximate surface area is 118 Å². The fourth-order valence-corrected chi connectivity index (χ4v) is 2.39. The van der Waals surface area contributed by atoms with Crippen LogP contribution >= 0.6 is 0 Å². The Kier molecular flexibility index (Phi) is 4.39. The van der Waals surface area contributed by atoms with Crippen LogP contribution in [-0.4, -0.2) is 49.4 Å². The molecular weight excluding hydrogens is 256 g/mol. The maximum absolute atomic E-state index is 12.3. The number of nitrogens with one attached hydrogen (secondary N) is 1. The van der Waals surface area contributed by atoms with Gasteiger partial charge in [-0.25, -0.2) is 0 Å². The topological polar surface area (TPSA) is 58.6 Å². The molecule has 0 spiro atoms. The SMILES string of the molecule is CC[C@H](C(=O)N[C@@H]1COc2ccccc2C1=O)N(C)C. The number of carbonyl (C=O) groups is 2. The third-order valence-corrected chi connectivity index (χ3v) is 3.50. The van der Waals surface area contributed by atoms with Gasteiger partial charge in [0, 0.05) is 0 Å². The van der Waals surface area contributed by atoms with E-state index in [1.165, 1.54) is 0 Å². The van der Waals surface area contributed by atoms with Gasteiger partial charge in [0.15, 0.2) is 5.78 Å². The summed E-state index contributed by atoms with van der Waals surface area (Å²) in [5, 5.41) is 2.79. The lowest BCUT2D eigenvalue weighted by molar-refractivity contribution is -0.126. The molecule has 5 nitrogen and oxygen atoms in total. The van der Waals surface area contributed by atoms with Crippen molar-refractivity contribution in [3.8, 4) is 5.75 Å². The van der Waals surface area contributed by atoms with Crippen molar-refractivity contribution in [1.82, 2.24) is 10.2 Å². The molecule has 0 saturated carbocycles. The molecule has 108 valence electrons. The molecular formula is C15H20N2O3. The largest absolute Gasteiger partial charge is 0.490 e. The average Bonchev–Trinajstić information content (AvgIpc) is 2.42. The van der Waals surface area contributed by atoms with Gasteiger partial charge in [-0.3, -0.25) is 14.5 Å². The van der Waals surface area contributed by atoms with Crippen molar-refractivity contribution in [2.45, 2.75) is 25.4 Å². The fourth-order valence-electron chi connectivity index (χ4n) is 2.39. The van der Waals surface area contributed by atoms with Gasteiger partial charge in [0.2, 0.25) is 5.91 Å². The van der Waals surface area contributed by atoms with E-state index >= 15 is 0 Å². The predicted molar refractivity (Wildman–Crippen MR) is 76.0 cm³/mol. The molecule has 0 aliphatic carbocycles. The molecule has 0 unspecified atom stereocenters. The molecule has 1 N–H and O–H groups in total. The monoisotopic (exact) mass is 276 g/mol. The molecule has 20 heavy (non-hydrogen) atoms. The number of fused-ring (bicyclic) bond motifs is 1. The number of Topliss-reactive ketones (excluding diaryl/α,β-unsaturated/α-hetero) is 1. The fraction of sp³-hybridized carbons (Fsp3) is 0.467. The van der Waals surface area contributed by atoms with Crippen molar-refractivity contribution in [3.05, 3.63) is 29.8 Å². The molecule has 1 aromatic rings. The zero-order valence-corrected chi connectivity index (χ0v) is 12.1. The number of rotatable bonds is 4. The van der Waals surface area contributed by atoms with Gasteiger partial charge in [-0.1, -0.05) is 19.1 Å². The quantitative estimate of drug-likeness (QED) is 0.894. The van der Waals surface area contributed by atoms with Crippen LogP contribution in [0.2, 0.25) is 0 Å². The number of benzene rings is 1. The number of nitrogens with zero attached hydrogens (tertiary/aromatic N) is 1. The normalized spacial score (nSPS) is 19.2. The van der Waals surface area contributed by atoms with Gasteiger partial charge in [0.25, 0.3) is 0 Å². The van der Waals surface area contributed by atoms with Gasteiger partial charge in [-0.15, -0.1) is 0 Å². The van der Waals surface area contributed by atoms with E-state index in [-0.39, 0.29) is 24.3 Å². The van der Waals surface area contributed by atoms with Gasteiger partial charge in [-0.2, -0.15) is 0 Å². The molecule has 2 atom stereocenters. The molecule has 1 aromatic carbocycles. The maximum Gasteiger partial charge on any atom is 0.238 e. The molecule has 1 heterocycles. The lowest BCUT2D eigenvalue weighted by Crippen LogP contribution is -2.52. The predicted octanol–water partition coefficient (Wildman–Crippen LogP) is 1.09. The summed E-state index contributed by atoms with van der Waals surface area (Å²) < 4.78 is 5.53.